The Hall–Kier alpha value is -5.08. The molecule has 0 aliphatic heterocycles. The summed E-state index contributed by atoms with van der Waals surface area (Å²) in [5.74, 6) is 0. The standard InChI is InChI=1S/C38H28N2/c1-25-17-33-11-7-29(21-37(33)39-23-25)5-3-27-9-15-35-31(19-27)13-14-32-20-28(10-16-36(32)35)4-6-30-8-12-34-18-26(2)24-40-38(34)22-30/h3-24H,1-2H3/b5-3+,6-4+. The number of fused-ring (bicyclic) bond motifs is 5. The maximum absolute atomic E-state index is 4.57. The lowest BCUT2D eigenvalue weighted by molar-refractivity contribution is 1.33. The van der Waals surface area contributed by atoms with Gasteiger partial charge in [0.15, 0.2) is 0 Å². The number of benzene rings is 5. The lowest BCUT2D eigenvalue weighted by Crippen LogP contribution is -1.83. The first-order valence-electron chi connectivity index (χ1n) is 13.6. The first-order chi connectivity index (χ1) is 19.6. The molecule has 190 valence electrons. The highest BCUT2D eigenvalue weighted by Crippen LogP contribution is 2.28. The Labute approximate surface area is 234 Å². The molecule has 0 amide bonds. The van der Waals surface area contributed by atoms with Crippen molar-refractivity contribution in [3.8, 4) is 0 Å². The Morgan fingerprint density at radius 3 is 1.23 bits per heavy atom. The van der Waals surface area contributed by atoms with Crippen LogP contribution in [0.25, 0.3) is 67.7 Å². The summed E-state index contributed by atoms with van der Waals surface area (Å²) >= 11 is 0. The molecule has 7 aromatic rings. The van der Waals surface area contributed by atoms with Crippen LogP contribution in [0, 0.1) is 13.8 Å². The zero-order chi connectivity index (χ0) is 27.1. The van der Waals surface area contributed by atoms with Gasteiger partial charge in [-0.05, 0) is 105 Å². The Morgan fingerprint density at radius 2 is 0.775 bits per heavy atom. The van der Waals surface area contributed by atoms with E-state index in [1.807, 2.05) is 12.4 Å². The maximum atomic E-state index is 4.57. The van der Waals surface area contributed by atoms with E-state index in [0.29, 0.717) is 0 Å². The fraction of sp³-hybridized carbons (Fsp3) is 0.0526. The third-order valence-corrected chi connectivity index (χ3v) is 7.51. The normalized spacial score (nSPS) is 12.1. The first kappa shape index (κ1) is 24.0. The van der Waals surface area contributed by atoms with Crippen LogP contribution in [-0.4, -0.2) is 9.97 Å². The van der Waals surface area contributed by atoms with Gasteiger partial charge in [0, 0.05) is 23.2 Å². The summed E-state index contributed by atoms with van der Waals surface area (Å²) in [6.07, 6.45) is 12.5. The van der Waals surface area contributed by atoms with E-state index in [4.69, 9.17) is 0 Å². The number of hydrogen-bond acceptors (Lipinski definition) is 2. The first-order valence-corrected chi connectivity index (χ1v) is 13.6. The fourth-order valence-electron chi connectivity index (χ4n) is 5.40. The van der Waals surface area contributed by atoms with Gasteiger partial charge in [-0.2, -0.15) is 0 Å². The summed E-state index contributed by atoms with van der Waals surface area (Å²) in [5, 5.41) is 7.38. The van der Waals surface area contributed by atoms with Crippen molar-refractivity contribution in [1.82, 2.24) is 9.97 Å². The fourth-order valence-corrected chi connectivity index (χ4v) is 5.40. The van der Waals surface area contributed by atoms with Crippen LogP contribution in [0.3, 0.4) is 0 Å². The molecule has 0 aliphatic carbocycles. The molecule has 2 nitrogen and oxygen atoms in total. The highest BCUT2D eigenvalue weighted by Gasteiger charge is 2.03. The van der Waals surface area contributed by atoms with Crippen molar-refractivity contribution < 1.29 is 0 Å². The van der Waals surface area contributed by atoms with Gasteiger partial charge < -0.3 is 0 Å². The molecule has 0 N–H and O–H groups in total. The number of pyridine rings is 2. The summed E-state index contributed by atoms with van der Waals surface area (Å²) in [6.45, 7) is 4.15. The van der Waals surface area contributed by atoms with Gasteiger partial charge in [0.25, 0.3) is 0 Å². The largest absolute Gasteiger partial charge is 0.256 e. The van der Waals surface area contributed by atoms with Crippen LogP contribution >= 0.6 is 0 Å². The van der Waals surface area contributed by atoms with E-state index in [-0.39, 0.29) is 0 Å². The van der Waals surface area contributed by atoms with Crippen molar-refractivity contribution >= 4 is 67.7 Å². The molecule has 0 aliphatic rings. The molecule has 0 saturated carbocycles. The molecular weight excluding hydrogens is 484 g/mol. The molecule has 7 rings (SSSR count). The number of hydrogen-bond donors (Lipinski definition) is 0. The molecule has 0 unspecified atom stereocenters. The molecule has 0 saturated heterocycles. The van der Waals surface area contributed by atoms with Crippen LogP contribution in [0.15, 0.2) is 109 Å². The van der Waals surface area contributed by atoms with Gasteiger partial charge in [0.2, 0.25) is 0 Å². The minimum absolute atomic E-state index is 1.02. The summed E-state index contributed by atoms with van der Waals surface area (Å²) < 4.78 is 0. The molecule has 0 radical (unpaired) electrons. The third kappa shape index (κ3) is 4.76. The lowest BCUT2D eigenvalue weighted by atomic mass is 9.98. The quantitative estimate of drug-likeness (QED) is 0.173. The van der Waals surface area contributed by atoms with E-state index < -0.39 is 0 Å². The van der Waals surface area contributed by atoms with Crippen molar-refractivity contribution in [2.24, 2.45) is 0 Å². The monoisotopic (exact) mass is 512 g/mol. The summed E-state index contributed by atoms with van der Waals surface area (Å²) in [6, 6.07) is 35.1. The van der Waals surface area contributed by atoms with Crippen LogP contribution in [0.1, 0.15) is 33.4 Å². The van der Waals surface area contributed by atoms with E-state index in [0.717, 1.165) is 22.2 Å². The SMILES string of the molecule is Cc1cnc2cc(/C=C/c3ccc4c(ccc5cc(/C=C/c6ccc7cc(C)cnc7c6)ccc54)c3)ccc2c1. The number of aromatic nitrogens is 2. The minimum Gasteiger partial charge on any atom is -0.256 e. The second-order valence-corrected chi connectivity index (χ2v) is 10.6. The highest BCUT2D eigenvalue weighted by atomic mass is 14.7. The topological polar surface area (TPSA) is 25.8 Å². The van der Waals surface area contributed by atoms with Crippen molar-refractivity contribution in [1.29, 1.82) is 0 Å². The minimum atomic E-state index is 1.02. The third-order valence-electron chi connectivity index (χ3n) is 7.51. The van der Waals surface area contributed by atoms with Gasteiger partial charge in [0.05, 0.1) is 11.0 Å². The van der Waals surface area contributed by atoms with Crippen LogP contribution in [0.4, 0.5) is 0 Å². The molecule has 0 spiro atoms. The van der Waals surface area contributed by atoms with Crippen LogP contribution < -0.4 is 0 Å². The zero-order valence-electron chi connectivity index (χ0n) is 22.6. The van der Waals surface area contributed by atoms with E-state index in [9.17, 15) is 0 Å². The molecule has 5 aromatic carbocycles. The molecule has 0 atom stereocenters. The van der Waals surface area contributed by atoms with Crippen LogP contribution in [-0.2, 0) is 0 Å². The zero-order valence-corrected chi connectivity index (χ0v) is 22.6. The average Bonchev–Trinajstić information content (AvgIpc) is 2.98. The lowest BCUT2D eigenvalue weighted by Gasteiger charge is -2.07. The van der Waals surface area contributed by atoms with E-state index in [2.05, 4.69) is 145 Å². The van der Waals surface area contributed by atoms with Crippen molar-refractivity contribution in [2.45, 2.75) is 13.8 Å². The molecule has 2 heteroatoms. The van der Waals surface area contributed by atoms with Crippen molar-refractivity contribution in [3.05, 3.63) is 143 Å². The Balaban J connectivity index is 1.14. The smallest absolute Gasteiger partial charge is 0.0708 e. The van der Waals surface area contributed by atoms with E-state index >= 15 is 0 Å². The van der Waals surface area contributed by atoms with Gasteiger partial charge in [-0.15, -0.1) is 0 Å². The molecule has 2 aromatic heterocycles. The van der Waals surface area contributed by atoms with Gasteiger partial charge in [-0.1, -0.05) is 85.0 Å². The van der Waals surface area contributed by atoms with Crippen LogP contribution in [0.5, 0.6) is 0 Å². The highest BCUT2D eigenvalue weighted by molar-refractivity contribution is 6.08. The van der Waals surface area contributed by atoms with Gasteiger partial charge >= 0.3 is 0 Å². The molecule has 0 fully saturated rings. The summed E-state index contributed by atoms with van der Waals surface area (Å²) in [5.41, 5.74) is 9.08. The molecule has 0 bridgehead atoms. The van der Waals surface area contributed by atoms with Crippen molar-refractivity contribution in [2.75, 3.05) is 0 Å². The second kappa shape index (κ2) is 9.91. The number of aryl methyl sites for hydroxylation is 2. The van der Waals surface area contributed by atoms with Gasteiger partial charge in [-0.3, -0.25) is 9.97 Å². The van der Waals surface area contributed by atoms with Crippen LogP contribution in [0.2, 0.25) is 0 Å². The molecule has 2 heterocycles. The Morgan fingerprint density at radius 1 is 0.400 bits per heavy atom. The number of rotatable bonds is 4. The Kier molecular flexibility index (Phi) is 5.94. The maximum Gasteiger partial charge on any atom is 0.0708 e. The van der Waals surface area contributed by atoms with E-state index in [1.165, 1.54) is 54.6 Å². The average molecular weight is 513 g/mol. The predicted octanol–water partition coefficient (Wildman–Crippen LogP) is 10.0. The molecule has 40 heavy (non-hydrogen) atoms. The summed E-state index contributed by atoms with van der Waals surface area (Å²) in [7, 11) is 0. The summed E-state index contributed by atoms with van der Waals surface area (Å²) in [4.78, 5) is 9.14. The van der Waals surface area contributed by atoms with Gasteiger partial charge in [0.1, 0.15) is 0 Å². The second-order valence-electron chi connectivity index (χ2n) is 10.6. The predicted molar refractivity (Wildman–Crippen MR) is 172 cm³/mol. The number of nitrogens with zero attached hydrogens (tertiary/aromatic N) is 2. The van der Waals surface area contributed by atoms with E-state index in [1.54, 1.807) is 0 Å². The van der Waals surface area contributed by atoms with Crippen molar-refractivity contribution in [3.63, 3.8) is 0 Å². The van der Waals surface area contributed by atoms with Gasteiger partial charge in [-0.25, -0.2) is 0 Å². The Bertz CT molecular complexity index is 1980. The molecular formula is C38H28N2.